The van der Waals surface area contributed by atoms with E-state index >= 15 is 0 Å². The van der Waals surface area contributed by atoms with Gasteiger partial charge in [0.25, 0.3) is 0 Å². The highest BCUT2D eigenvalue weighted by Crippen LogP contribution is 2.32. The summed E-state index contributed by atoms with van der Waals surface area (Å²) in [6.07, 6.45) is 1.62. The normalized spacial score (nSPS) is 10.7. The molecule has 0 spiro atoms. The van der Waals surface area contributed by atoms with Crippen molar-refractivity contribution in [1.82, 2.24) is 0 Å². The number of rotatable bonds is 4. The van der Waals surface area contributed by atoms with E-state index in [0.29, 0.717) is 22.0 Å². The van der Waals surface area contributed by atoms with Crippen LogP contribution in [0.5, 0.6) is 5.75 Å². The number of pyridine rings is 1. The minimum absolute atomic E-state index is 0.128. The standard InChI is InChI=1S/C19H17ClN2O3/c1-3-25-19(24)16-10-21-17-11(2)7-12(20)8-15(17)18(16)22-13-5-4-6-14(23)9-13/h4-10,23H,3H2,1-2H3,(H,21,22)/p+1. The smallest absolute Gasteiger partial charge is 0.346 e. The summed E-state index contributed by atoms with van der Waals surface area (Å²) in [5.41, 5.74) is 3.40. The van der Waals surface area contributed by atoms with Crippen LogP contribution in [0.3, 0.4) is 0 Å². The van der Waals surface area contributed by atoms with Crippen molar-refractivity contribution in [3.8, 4) is 5.75 Å². The average molecular weight is 358 g/mol. The lowest BCUT2D eigenvalue weighted by atomic mass is 10.1. The van der Waals surface area contributed by atoms with Gasteiger partial charge in [-0.2, -0.15) is 0 Å². The van der Waals surface area contributed by atoms with Gasteiger partial charge in [-0.15, -0.1) is 0 Å². The van der Waals surface area contributed by atoms with Crippen molar-refractivity contribution in [2.75, 3.05) is 11.9 Å². The van der Waals surface area contributed by atoms with Crippen molar-refractivity contribution in [2.24, 2.45) is 0 Å². The third kappa shape index (κ3) is 3.51. The first-order valence-electron chi connectivity index (χ1n) is 7.87. The Morgan fingerprint density at radius 1 is 1.32 bits per heavy atom. The molecule has 3 rings (SSSR count). The number of aromatic nitrogens is 1. The molecule has 6 heteroatoms. The first-order chi connectivity index (χ1) is 12.0. The lowest BCUT2D eigenvalue weighted by molar-refractivity contribution is -0.345. The Bertz CT molecular complexity index is 957. The fraction of sp³-hybridized carbons (Fsp3) is 0.158. The molecule has 0 aliphatic rings. The molecule has 128 valence electrons. The molecule has 3 aromatic rings. The van der Waals surface area contributed by atoms with E-state index in [1.165, 1.54) is 0 Å². The fourth-order valence-electron chi connectivity index (χ4n) is 2.73. The number of halogens is 1. The monoisotopic (exact) mass is 357 g/mol. The van der Waals surface area contributed by atoms with Crippen molar-refractivity contribution in [3.05, 3.63) is 58.7 Å². The second kappa shape index (κ2) is 6.99. The Hall–Kier alpha value is -2.79. The first-order valence-corrected chi connectivity index (χ1v) is 8.25. The number of phenols is 1. The van der Waals surface area contributed by atoms with Crippen LogP contribution in [0.4, 0.5) is 11.4 Å². The van der Waals surface area contributed by atoms with Crippen LogP contribution in [-0.4, -0.2) is 17.7 Å². The molecule has 0 bridgehead atoms. The highest BCUT2D eigenvalue weighted by Gasteiger charge is 2.22. The number of nitrogens with one attached hydrogen (secondary N) is 2. The molecular weight excluding hydrogens is 340 g/mol. The van der Waals surface area contributed by atoms with E-state index in [0.717, 1.165) is 16.5 Å². The molecule has 0 aliphatic carbocycles. The number of esters is 1. The van der Waals surface area contributed by atoms with Gasteiger partial charge in [-0.1, -0.05) is 17.7 Å². The Kier molecular flexibility index (Phi) is 4.76. The zero-order valence-corrected chi connectivity index (χ0v) is 14.6. The van der Waals surface area contributed by atoms with Gasteiger partial charge in [0.15, 0.2) is 6.20 Å². The second-order valence-electron chi connectivity index (χ2n) is 5.62. The van der Waals surface area contributed by atoms with Crippen LogP contribution in [0.1, 0.15) is 22.8 Å². The lowest BCUT2D eigenvalue weighted by Crippen LogP contribution is -2.15. The number of aromatic amines is 1. The average Bonchev–Trinajstić information content (AvgIpc) is 2.55. The predicted molar refractivity (Wildman–Crippen MR) is 97.6 cm³/mol. The van der Waals surface area contributed by atoms with Gasteiger partial charge in [-0.25, -0.2) is 9.78 Å². The highest BCUT2D eigenvalue weighted by atomic mass is 35.5. The third-order valence-electron chi connectivity index (χ3n) is 3.81. The number of phenolic OH excluding ortho intramolecular Hbond substituents is 1. The van der Waals surface area contributed by atoms with E-state index in [1.54, 1.807) is 43.5 Å². The van der Waals surface area contributed by atoms with Crippen molar-refractivity contribution in [3.63, 3.8) is 0 Å². The minimum Gasteiger partial charge on any atom is -0.508 e. The third-order valence-corrected chi connectivity index (χ3v) is 4.03. The van der Waals surface area contributed by atoms with Crippen molar-refractivity contribution in [2.45, 2.75) is 13.8 Å². The van der Waals surface area contributed by atoms with Crippen LogP contribution in [0.2, 0.25) is 5.02 Å². The van der Waals surface area contributed by atoms with Crippen molar-refractivity contribution < 1.29 is 19.6 Å². The summed E-state index contributed by atoms with van der Waals surface area (Å²) in [5, 5.41) is 14.2. The first kappa shape index (κ1) is 17.0. The summed E-state index contributed by atoms with van der Waals surface area (Å²) >= 11 is 6.22. The van der Waals surface area contributed by atoms with Crippen molar-refractivity contribution >= 4 is 39.8 Å². The molecule has 0 saturated carbocycles. The maximum absolute atomic E-state index is 12.4. The van der Waals surface area contributed by atoms with E-state index in [-0.39, 0.29) is 12.4 Å². The van der Waals surface area contributed by atoms with Gasteiger partial charge in [0.2, 0.25) is 5.52 Å². The number of aryl methyl sites for hydroxylation is 1. The van der Waals surface area contributed by atoms with Crippen LogP contribution in [-0.2, 0) is 4.74 Å². The number of hydrogen-bond acceptors (Lipinski definition) is 4. The molecule has 0 radical (unpaired) electrons. The minimum atomic E-state index is -0.444. The summed E-state index contributed by atoms with van der Waals surface area (Å²) in [6, 6.07) is 10.3. The van der Waals surface area contributed by atoms with E-state index in [2.05, 4.69) is 10.3 Å². The number of hydrogen-bond donors (Lipinski definition) is 2. The molecule has 0 amide bonds. The number of ether oxygens (including phenoxy) is 1. The van der Waals surface area contributed by atoms with Crippen molar-refractivity contribution in [1.29, 1.82) is 0 Å². The molecular formula is C19H18ClN2O3+. The SMILES string of the molecule is CCOC(=O)c1c[nH+]c2c(C)cc(Cl)cc2c1Nc1cccc(O)c1. The molecule has 5 nitrogen and oxygen atoms in total. The Morgan fingerprint density at radius 2 is 2.12 bits per heavy atom. The molecule has 0 fully saturated rings. The van der Waals surface area contributed by atoms with Crippen LogP contribution in [0.15, 0.2) is 42.6 Å². The Morgan fingerprint density at radius 3 is 2.84 bits per heavy atom. The maximum Gasteiger partial charge on any atom is 0.346 e. The zero-order valence-electron chi connectivity index (χ0n) is 13.9. The van der Waals surface area contributed by atoms with Gasteiger partial charge < -0.3 is 15.2 Å². The van der Waals surface area contributed by atoms with Gasteiger partial charge in [0.05, 0.1) is 17.7 Å². The van der Waals surface area contributed by atoms with Gasteiger partial charge in [0.1, 0.15) is 11.3 Å². The van der Waals surface area contributed by atoms with E-state index in [1.807, 2.05) is 13.0 Å². The number of benzene rings is 2. The number of aromatic hydroxyl groups is 1. The molecule has 1 aromatic heterocycles. The second-order valence-corrected chi connectivity index (χ2v) is 6.05. The summed E-state index contributed by atoms with van der Waals surface area (Å²) in [6.45, 7) is 3.97. The molecule has 25 heavy (non-hydrogen) atoms. The summed E-state index contributed by atoms with van der Waals surface area (Å²) in [5.74, 6) is -0.315. The number of anilines is 2. The van der Waals surface area contributed by atoms with Crippen LogP contribution < -0.4 is 10.3 Å². The van der Waals surface area contributed by atoms with Crippen LogP contribution >= 0.6 is 11.6 Å². The molecule has 0 aliphatic heterocycles. The molecule has 3 N–H and O–H groups in total. The number of carbonyl (C=O) groups is 1. The fourth-order valence-corrected chi connectivity index (χ4v) is 3.00. The van der Waals surface area contributed by atoms with Gasteiger partial charge in [-0.3, -0.25) is 0 Å². The summed E-state index contributed by atoms with van der Waals surface area (Å²) in [7, 11) is 0. The Balaban J connectivity index is 2.23. The van der Waals surface area contributed by atoms with Crippen LogP contribution in [0.25, 0.3) is 10.9 Å². The van der Waals surface area contributed by atoms with Gasteiger partial charge in [-0.05, 0) is 38.1 Å². The molecule has 2 aromatic carbocycles. The Labute approximate surface area is 150 Å². The van der Waals surface area contributed by atoms with Gasteiger partial charge >= 0.3 is 5.97 Å². The maximum atomic E-state index is 12.4. The number of carbonyl (C=O) groups excluding carboxylic acids is 1. The molecule has 0 atom stereocenters. The zero-order chi connectivity index (χ0) is 18.0. The predicted octanol–water partition coefficient (Wildman–Crippen LogP) is 4.24. The van der Waals surface area contributed by atoms with Gasteiger partial charge in [0, 0.05) is 22.3 Å². The highest BCUT2D eigenvalue weighted by molar-refractivity contribution is 6.31. The molecule has 0 unspecified atom stereocenters. The van der Waals surface area contributed by atoms with E-state index in [4.69, 9.17) is 16.3 Å². The quantitative estimate of drug-likeness (QED) is 0.685. The van der Waals surface area contributed by atoms with E-state index in [9.17, 15) is 9.90 Å². The topological polar surface area (TPSA) is 72.7 Å². The molecule has 0 saturated heterocycles. The summed E-state index contributed by atoms with van der Waals surface area (Å²) in [4.78, 5) is 15.5. The lowest BCUT2D eigenvalue weighted by Gasteiger charge is -2.13. The number of fused-ring (bicyclic) bond motifs is 1. The summed E-state index contributed by atoms with van der Waals surface area (Å²) < 4.78 is 5.16. The van der Waals surface area contributed by atoms with Crippen LogP contribution in [0, 0.1) is 6.92 Å². The molecule has 1 heterocycles. The largest absolute Gasteiger partial charge is 0.508 e. The van der Waals surface area contributed by atoms with E-state index < -0.39 is 5.97 Å². The number of H-pyrrole nitrogens is 1.